The van der Waals surface area contributed by atoms with Crippen LogP contribution in [-0.2, 0) is 13.0 Å². The number of nitrogens with one attached hydrogen (secondary N) is 1. The fraction of sp³-hybridized carbons (Fsp3) is 0.400. The van der Waals surface area contributed by atoms with E-state index >= 15 is 0 Å². The number of hydrogen-bond donors (Lipinski definition) is 2. The number of furan rings is 1. The third kappa shape index (κ3) is 3.71. The molecule has 1 unspecified atom stereocenters. The van der Waals surface area contributed by atoms with Crippen molar-refractivity contribution in [2.45, 2.75) is 39.8 Å². The van der Waals surface area contributed by atoms with Gasteiger partial charge in [-0.25, -0.2) is 4.79 Å². The highest BCUT2D eigenvalue weighted by molar-refractivity contribution is 7.11. The smallest absolute Gasteiger partial charge is 0.339 e. The van der Waals surface area contributed by atoms with Gasteiger partial charge in [0.1, 0.15) is 17.1 Å². The van der Waals surface area contributed by atoms with E-state index in [1.165, 1.54) is 9.75 Å². The van der Waals surface area contributed by atoms with E-state index in [1.807, 2.05) is 11.3 Å². The third-order valence-electron chi connectivity index (χ3n) is 3.13. The molecular formula is C15H19NO3S. The Morgan fingerprint density at radius 2 is 2.20 bits per heavy atom. The average molecular weight is 293 g/mol. The zero-order chi connectivity index (χ0) is 14.7. The summed E-state index contributed by atoms with van der Waals surface area (Å²) in [6, 6.07) is 6.18. The molecule has 5 heteroatoms. The molecule has 0 spiro atoms. The fourth-order valence-corrected chi connectivity index (χ4v) is 3.11. The topological polar surface area (TPSA) is 62.5 Å². The predicted octanol–water partition coefficient (Wildman–Crippen LogP) is 3.38. The number of aromatic carboxylic acids is 1. The minimum atomic E-state index is -0.945. The Bertz CT molecular complexity index is 600. The molecule has 108 valence electrons. The quantitative estimate of drug-likeness (QED) is 0.857. The number of carboxylic acids is 1. The second-order valence-electron chi connectivity index (χ2n) is 4.99. The lowest BCUT2D eigenvalue weighted by molar-refractivity contribution is 0.0695. The molecule has 0 fully saturated rings. The van der Waals surface area contributed by atoms with Gasteiger partial charge in [0, 0.05) is 15.8 Å². The highest BCUT2D eigenvalue weighted by atomic mass is 32.1. The van der Waals surface area contributed by atoms with Crippen molar-refractivity contribution >= 4 is 17.3 Å². The molecule has 0 saturated heterocycles. The zero-order valence-corrected chi connectivity index (χ0v) is 12.7. The lowest BCUT2D eigenvalue weighted by Gasteiger charge is -2.11. The van der Waals surface area contributed by atoms with Gasteiger partial charge in [0.05, 0.1) is 6.54 Å². The molecule has 20 heavy (non-hydrogen) atoms. The fourth-order valence-electron chi connectivity index (χ4n) is 2.09. The first kappa shape index (κ1) is 14.8. The van der Waals surface area contributed by atoms with Crippen molar-refractivity contribution in [3.05, 3.63) is 45.0 Å². The van der Waals surface area contributed by atoms with Gasteiger partial charge in [-0.3, -0.25) is 0 Å². The molecule has 0 aromatic carbocycles. The lowest BCUT2D eigenvalue weighted by Crippen LogP contribution is -2.27. The monoisotopic (exact) mass is 293 g/mol. The molecule has 0 bridgehead atoms. The Balaban J connectivity index is 1.88. The SMILES string of the molecule is Cc1ccc(CC(C)NCc2cc(C(=O)O)c(C)o2)s1. The number of carbonyl (C=O) groups is 1. The molecule has 2 heterocycles. The van der Waals surface area contributed by atoms with Gasteiger partial charge in [-0.2, -0.15) is 0 Å². The van der Waals surface area contributed by atoms with Gasteiger partial charge in [-0.05, 0) is 45.4 Å². The van der Waals surface area contributed by atoms with E-state index in [2.05, 4.69) is 31.3 Å². The van der Waals surface area contributed by atoms with Crippen LogP contribution in [0.2, 0.25) is 0 Å². The van der Waals surface area contributed by atoms with Crippen LogP contribution in [0.4, 0.5) is 0 Å². The van der Waals surface area contributed by atoms with Crippen LogP contribution in [0.15, 0.2) is 22.6 Å². The van der Waals surface area contributed by atoms with Crippen LogP contribution in [0, 0.1) is 13.8 Å². The second kappa shape index (κ2) is 6.24. The molecule has 0 radical (unpaired) electrons. The highest BCUT2D eigenvalue weighted by Crippen LogP contribution is 2.18. The van der Waals surface area contributed by atoms with Gasteiger partial charge in [0.15, 0.2) is 0 Å². The van der Waals surface area contributed by atoms with Gasteiger partial charge in [0.25, 0.3) is 0 Å². The van der Waals surface area contributed by atoms with Gasteiger partial charge in [-0.1, -0.05) is 0 Å². The summed E-state index contributed by atoms with van der Waals surface area (Å²) in [5, 5.41) is 12.3. The molecule has 2 rings (SSSR count). The molecule has 0 aliphatic carbocycles. The molecule has 1 atom stereocenters. The Labute approximate surface area is 122 Å². The van der Waals surface area contributed by atoms with Crippen molar-refractivity contribution in [2.75, 3.05) is 0 Å². The summed E-state index contributed by atoms with van der Waals surface area (Å²) >= 11 is 1.81. The van der Waals surface area contributed by atoms with E-state index in [0.717, 1.165) is 6.42 Å². The minimum absolute atomic E-state index is 0.239. The first-order valence-corrected chi connectivity index (χ1v) is 7.38. The van der Waals surface area contributed by atoms with Crippen LogP contribution in [-0.4, -0.2) is 17.1 Å². The van der Waals surface area contributed by atoms with Crippen molar-refractivity contribution in [1.82, 2.24) is 5.32 Å². The van der Waals surface area contributed by atoms with Crippen LogP contribution < -0.4 is 5.32 Å². The van der Waals surface area contributed by atoms with Crippen LogP contribution >= 0.6 is 11.3 Å². The van der Waals surface area contributed by atoms with Gasteiger partial charge < -0.3 is 14.8 Å². The number of rotatable bonds is 6. The molecular weight excluding hydrogens is 274 g/mol. The highest BCUT2D eigenvalue weighted by Gasteiger charge is 2.14. The summed E-state index contributed by atoms with van der Waals surface area (Å²) in [5.74, 6) is 0.171. The average Bonchev–Trinajstić information content (AvgIpc) is 2.93. The largest absolute Gasteiger partial charge is 0.478 e. The van der Waals surface area contributed by atoms with E-state index < -0.39 is 5.97 Å². The summed E-state index contributed by atoms with van der Waals surface area (Å²) in [7, 11) is 0. The lowest BCUT2D eigenvalue weighted by atomic mass is 10.2. The van der Waals surface area contributed by atoms with Gasteiger partial charge in [-0.15, -0.1) is 11.3 Å². The number of thiophene rings is 1. The number of aryl methyl sites for hydroxylation is 2. The van der Waals surface area contributed by atoms with Crippen molar-refractivity contribution in [2.24, 2.45) is 0 Å². The first-order chi connectivity index (χ1) is 9.45. The van der Waals surface area contributed by atoms with Crippen molar-refractivity contribution in [1.29, 1.82) is 0 Å². The van der Waals surface area contributed by atoms with Crippen LogP contribution in [0.1, 0.15) is 38.6 Å². The van der Waals surface area contributed by atoms with Crippen molar-refractivity contribution in [3.8, 4) is 0 Å². The van der Waals surface area contributed by atoms with E-state index in [9.17, 15) is 4.79 Å². The summed E-state index contributed by atoms with van der Waals surface area (Å²) in [6.07, 6.45) is 0.962. The van der Waals surface area contributed by atoms with E-state index in [4.69, 9.17) is 9.52 Å². The molecule has 4 nitrogen and oxygen atoms in total. The Morgan fingerprint density at radius 1 is 1.45 bits per heavy atom. The van der Waals surface area contributed by atoms with Gasteiger partial charge >= 0.3 is 5.97 Å². The third-order valence-corrected chi connectivity index (χ3v) is 4.15. The molecule has 0 aliphatic rings. The second-order valence-corrected chi connectivity index (χ2v) is 6.36. The number of carboxylic acid groups (broad SMARTS) is 1. The molecule has 2 N–H and O–H groups in total. The van der Waals surface area contributed by atoms with E-state index in [1.54, 1.807) is 13.0 Å². The summed E-state index contributed by atoms with van der Waals surface area (Å²) < 4.78 is 5.44. The standard InChI is InChI=1S/C15H19NO3S/c1-9(6-13-5-4-10(2)20-13)16-8-12-7-14(15(17)18)11(3)19-12/h4-5,7,9,16H,6,8H2,1-3H3,(H,17,18). The maximum atomic E-state index is 10.9. The molecule has 0 amide bonds. The van der Waals surface area contributed by atoms with Gasteiger partial charge in [0.2, 0.25) is 0 Å². The van der Waals surface area contributed by atoms with E-state index in [-0.39, 0.29) is 5.56 Å². The zero-order valence-electron chi connectivity index (χ0n) is 11.9. The summed E-state index contributed by atoms with van der Waals surface area (Å²) in [5.41, 5.74) is 0.239. The van der Waals surface area contributed by atoms with Crippen LogP contribution in [0.3, 0.4) is 0 Å². The Morgan fingerprint density at radius 3 is 2.75 bits per heavy atom. The predicted molar refractivity (Wildman–Crippen MR) is 79.5 cm³/mol. The maximum absolute atomic E-state index is 10.9. The van der Waals surface area contributed by atoms with Crippen molar-refractivity contribution < 1.29 is 14.3 Å². The first-order valence-electron chi connectivity index (χ1n) is 6.57. The van der Waals surface area contributed by atoms with Crippen LogP contribution in [0.25, 0.3) is 0 Å². The van der Waals surface area contributed by atoms with Crippen molar-refractivity contribution in [3.63, 3.8) is 0 Å². The summed E-state index contributed by atoms with van der Waals surface area (Å²) in [6.45, 7) is 6.43. The number of hydrogen-bond acceptors (Lipinski definition) is 4. The van der Waals surface area contributed by atoms with Crippen LogP contribution in [0.5, 0.6) is 0 Å². The summed E-state index contributed by atoms with van der Waals surface area (Å²) in [4.78, 5) is 13.6. The normalized spacial score (nSPS) is 12.6. The molecule has 2 aromatic heterocycles. The molecule has 0 saturated carbocycles. The Kier molecular flexibility index (Phi) is 4.62. The maximum Gasteiger partial charge on any atom is 0.339 e. The Hall–Kier alpha value is -1.59. The molecule has 2 aromatic rings. The van der Waals surface area contributed by atoms with E-state index in [0.29, 0.717) is 24.1 Å². The minimum Gasteiger partial charge on any atom is -0.478 e. The molecule has 0 aliphatic heterocycles.